The van der Waals surface area contributed by atoms with Gasteiger partial charge in [-0.2, -0.15) is 0 Å². The van der Waals surface area contributed by atoms with Crippen LogP contribution in [-0.2, 0) is 0 Å². The molecule has 4 aromatic carbocycles. The lowest BCUT2D eigenvalue weighted by Gasteiger charge is -2.10. The Balaban J connectivity index is 1.70. The molecule has 0 atom stereocenters. The van der Waals surface area contributed by atoms with E-state index in [1.54, 1.807) is 19.2 Å². The average Bonchev–Trinajstić information content (AvgIpc) is 3.46. The number of hydrogen-bond acceptors (Lipinski definition) is 3. The summed E-state index contributed by atoms with van der Waals surface area (Å²) in [5.74, 6) is 1.76. The van der Waals surface area contributed by atoms with Crippen LogP contribution in [-0.4, -0.2) is 26.2 Å². The van der Waals surface area contributed by atoms with Crippen LogP contribution in [0.15, 0.2) is 115 Å². The smallest absolute Gasteiger partial charge is 0.220 e. The fourth-order valence-electron chi connectivity index (χ4n) is 4.51. The number of hydrogen-bond donors (Lipinski definition) is 1. The second-order valence-electron chi connectivity index (χ2n) is 8.31. The van der Waals surface area contributed by atoms with Crippen LogP contribution in [0.5, 0.6) is 11.5 Å². The lowest BCUT2D eigenvalue weighted by molar-refractivity contribution is 0.415. The summed E-state index contributed by atoms with van der Waals surface area (Å²) in [6, 6.07) is 35.8. The molecule has 0 bridgehead atoms. The Bertz CT molecular complexity index is 1620. The van der Waals surface area contributed by atoms with Crippen molar-refractivity contribution in [3.05, 3.63) is 115 Å². The third-order valence-corrected chi connectivity index (χ3v) is 6.15. The molecular weight excluding hydrogens is 434 g/mol. The van der Waals surface area contributed by atoms with Gasteiger partial charge in [-0.3, -0.25) is 8.97 Å². The van der Waals surface area contributed by atoms with E-state index in [4.69, 9.17) is 9.72 Å². The highest BCUT2D eigenvalue weighted by Crippen LogP contribution is 2.37. The quantitative estimate of drug-likeness (QED) is 0.308. The van der Waals surface area contributed by atoms with Gasteiger partial charge in [-0.15, -0.1) is 0 Å². The molecule has 0 fully saturated rings. The number of methoxy groups -OCH3 is 1. The number of fused-ring (bicyclic) bond motifs is 1. The third kappa shape index (κ3) is 3.63. The van der Waals surface area contributed by atoms with E-state index in [9.17, 15) is 5.11 Å². The van der Waals surface area contributed by atoms with Gasteiger partial charge in [-0.05, 0) is 36.4 Å². The SMILES string of the molecule is COc1ccc(-c2cn3c(-c4ccccc4)c(-c4ccccc4)nc3n2-c2cccc(O)c2)cc1. The average molecular weight is 458 g/mol. The first-order valence-corrected chi connectivity index (χ1v) is 11.4. The molecule has 0 saturated carbocycles. The predicted molar refractivity (Wildman–Crippen MR) is 139 cm³/mol. The van der Waals surface area contributed by atoms with Gasteiger partial charge in [0.15, 0.2) is 0 Å². The van der Waals surface area contributed by atoms with Gasteiger partial charge in [-0.1, -0.05) is 66.7 Å². The van der Waals surface area contributed by atoms with Gasteiger partial charge in [0.25, 0.3) is 0 Å². The maximum atomic E-state index is 10.3. The fraction of sp³-hybridized carbons (Fsp3) is 0.0333. The summed E-state index contributed by atoms with van der Waals surface area (Å²) < 4.78 is 9.59. The molecule has 6 aromatic rings. The highest BCUT2D eigenvalue weighted by molar-refractivity contribution is 5.83. The molecule has 0 aliphatic rings. The molecule has 0 saturated heterocycles. The minimum absolute atomic E-state index is 0.202. The second-order valence-corrected chi connectivity index (χ2v) is 8.31. The molecule has 0 aliphatic carbocycles. The third-order valence-electron chi connectivity index (χ3n) is 6.15. The summed E-state index contributed by atoms with van der Waals surface area (Å²) in [7, 11) is 1.66. The predicted octanol–water partition coefficient (Wildman–Crippen LogP) is 6.84. The Hall–Kier alpha value is -4.77. The number of rotatable bonds is 5. The molecule has 6 rings (SSSR count). The van der Waals surface area contributed by atoms with Crippen molar-refractivity contribution in [2.24, 2.45) is 0 Å². The monoisotopic (exact) mass is 457 g/mol. The molecule has 170 valence electrons. The van der Waals surface area contributed by atoms with Crippen molar-refractivity contribution in [1.82, 2.24) is 14.0 Å². The zero-order valence-electron chi connectivity index (χ0n) is 19.2. The Labute approximate surface area is 203 Å². The maximum absolute atomic E-state index is 10.3. The van der Waals surface area contributed by atoms with Crippen LogP contribution < -0.4 is 4.74 Å². The van der Waals surface area contributed by atoms with Crippen LogP contribution in [0.2, 0.25) is 0 Å². The van der Waals surface area contributed by atoms with E-state index in [0.29, 0.717) is 0 Å². The Morgan fingerprint density at radius 2 is 1.40 bits per heavy atom. The van der Waals surface area contributed by atoms with Crippen LogP contribution in [0.1, 0.15) is 0 Å². The van der Waals surface area contributed by atoms with Gasteiger partial charge >= 0.3 is 0 Å². The van der Waals surface area contributed by atoms with E-state index >= 15 is 0 Å². The van der Waals surface area contributed by atoms with Crippen molar-refractivity contribution < 1.29 is 9.84 Å². The number of imidazole rings is 2. The lowest BCUT2D eigenvalue weighted by Crippen LogP contribution is -1.98. The molecule has 0 spiro atoms. The highest BCUT2D eigenvalue weighted by atomic mass is 16.5. The van der Waals surface area contributed by atoms with Crippen LogP contribution in [0.4, 0.5) is 0 Å². The van der Waals surface area contributed by atoms with Crippen LogP contribution in [0.3, 0.4) is 0 Å². The number of benzene rings is 4. The van der Waals surface area contributed by atoms with Crippen molar-refractivity contribution in [2.45, 2.75) is 0 Å². The molecule has 1 N–H and O–H groups in total. The lowest BCUT2D eigenvalue weighted by atomic mass is 10.0. The molecule has 0 amide bonds. The van der Waals surface area contributed by atoms with Crippen LogP contribution in [0.25, 0.3) is 45.2 Å². The molecular formula is C30H23N3O2. The van der Waals surface area contributed by atoms with E-state index in [1.807, 2.05) is 72.8 Å². The highest BCUT2D eigenvalue weighted by Gasteiger charge is 2.22. The van der Waals surface area contributed by atoms with E-state index in [0.717, 1.165) is 51.0 Å². The summed E-state index contributed by atoms with van der Waals surface area (Å²) >= 11 is 0. The minimum atomic E-state index is 0.202. The number of ether oxygens (including phenoxy) is 1. The van der Waals surface area contributed by atoms with Crippen molar-refractivity contribution in [2.75, 3.05) is 7.11 Å². The fourth-order valence-corrected chi connectivity index (χ4v) is 4.51. The van der Waals surface area contributed by atoms with Crippen molar-refractivity contribution in [3.63, 3.8) is 0 Å². The molecule has 0 unspecified atom stereocenters. The zero-order chi connectivity index (χ0) is 23.8. The summed E-state index contributed by atoms with van der Waals surface area (Å²) in [6.45, 7) is 0. The Morgan fingerprint density at radius 3 is 2.06 bits per heavy atom. The molecule has 5 heteroatoms. The van der Waals surface area contributed by atoms with Crippen LogP contribution in [0, 0.1) is 0 Å². The van der Waals surface area contributed by atoms with E-state index in [2.05, 4.69) is 39.4 Å². The van der Waals surface area contributed by atoms with Gasteiger partial charge < -0.3 is 9.84 Å². The number of aromatic nitrogens is 3. The van der Waals surface area contributed by atoms with Gasteiger partial charge in [-0.25, -0.2) is 4.98 Å². The van der Waals surface area contributed by atoms with Gasteiger partial charge in [0, 0.05) is 29.0 Å². The normalized spacial score (nSPS) is 11.1. The molecule has 0 radical (unpaired) electrons. The number of nitrogens with zero attached hydrogens (tertiary/aromatic N) is 3. The van der Waals surface area contributed by atoms with Crippen molar-refractivity contribution in [1.29, 1.82) is 0 Å². The topological polar surface area (TPSA) is 51.7 Å². The minimum Gasteiger partial charge on any atom is -0.508 e. The summed E-state index contributed by atoms with van der Waals surface area (Å²) in [5.41, 5.74) is 6.84. The summed E-state index contributed by atoms with van der Waals surface area (Å²) in [5, 5.41) is 10.3. The van der Waals surface area contributed by atoms with E-state index < -0.39 is 0 Å². The first-order chi connectivity index (χ1) is 17.2. The first-order valence-electron chi connectivity index (χ1n) is 11.4. The van der Waals surface area contributed by atoms with Crippen molar-refractivity contribution >= 4 is 5.78 Å². The van der Waals surface area contributed by atoms with Crippen molar-refractivity contribution in [3.8, 4) is 51.0 Å². The second kappa shape index (κ2) is 8.54. The first kappa shape index (κ1) is 20.8. The van der Waals surface area contributed by atoms with Gasteiger partial charge in [0.05, 0.1) is 29.9 Å². The zero-order valence-corrected chi connectivity index (χ0v) is 19.2. The maximum Gasteiger partial charge on any atom is 0.220 e. The molecule has 35 heavy (non-hydrogen) atoms. The largest absolute Gasteiger partial charge is 0.508 e. The number of phenols is 1. The molecule has 2 aromatic heterocycles. The number of phenolic OH excluding ortho intramolecular Hbond substituents is 1. The van der Waals surface area contributed by atoms with E-state index in [1.165, 1.54) is 0 Å². The summed E-state index contributed by atoms with van der Waals surface area (Å²) in [6.07, 6.45) is 2.11. The Morgan fingerprint density at radius 1 is 0.714 bits per heavy atom. The van der Waals surface area contributed by atoms with E-state index in [-0.39, 0.29) is 5.75 Å². The van der Waals surface area contributed by atoms with Gasteiger partial charge in [0.1, 0.15) is 11.5 Å². The van der Waals surface area contributed by atoms with Gasteiger partial charge in [0.2, 0.25) is 5.78 Å². The Kier molecular flexibility index (Phi) is 5.08. The molecule has 0 aliphatic heterocycles. The number of aromatic hydroxyl groups is 1. The molecule has 5 nitrogen and oxygen atoms in total. The van der Waals surface area contributed by atoms with Crippen LogP contribution >= 0.6 is 0 Å². The summed E-state index contributed by atoms with van der Waals surface area (Å²) in [4.78, 5) is 5.16. The standard InChI is InChI=1S/C30H23N3O2/c1-35-26-17-15-21(16-18-26)27-20-32-29(23-11-6-3-7-12-23)28(22-9-4-2-5-10-22)31-30(32)33(27)24-13-8-14-25(34)19-24/h2-20,34H,1H3. The molecule has 2 heterocycles.